The average molecular weight is 216 g/mol. The van der Waals surface area contributed by atoms with Gasteiger partial charge in [0.25, 0.3) is 0 Å². The second-order valence-corrected chi connectivity index (χ2v) is 3.64. The molecule has 0 aromatic heterocycles. The lowest BCUT2D eigenvalue weighted by Crippen LogP contribution is -1.94. The zero-order valence-corrected chi connectivity index (χ0v) is 9.49. The highest BCUT2D eigenvalue weighted by Crippen LogP contribution is 2.03. The van der Waals surface area contributed by atoms with Gasteiger partial charge in [0.2, 0.25) is 0 Å². The maximum absolute atomic E-state index is 10.6. The highest BCUT2D eigenvalue weighted by Gasteiger charge is 1.99. The normalized spacial score (nSPS) is 9.31. The summed E-state index contributed by atoms with van der Waals surface area (Å²) >= 11 is 0. The zero-order valence-electron chi connectivity index (χ0n) is 9.49. The molecule has 0 unspecified atom stereocenters. The van der Waals surface area contributed by atoms with E-state index in [9.17, 15) is 4.79 Å². The highest BCUT2D eigenvalue weighted by molar-refractivity contribution is 5.87. The number of carboxylic acids is 1. The van der Waals surface area contributed by atoms with Crippen molar-refractivity contribution in [3.8, 4) is 11.8 Å². The maximum atomic E-state index is 10.6. The minimum atomic E-state index is -0.901. The number of hydrogen-bond donors (Lipinski definition) is 1. The minimum Gasteiger partial charge on any atom is -0.478 e. The molecule has 0 radical (unpaired) electrons. The van der Waals surface area contributed by atoms with E-state index < -0.39 is 5.97 Å². The standard InChI is InChI=1S/C14H16O2/c1-2-3-4-5-6-7-12-8-10-13(11-9-12)14(15)16/h8-11H,2-5H2,1H3,(H,15,16). The Morgan fingerprint density at radius 2 is 1.94 bits per heavy atom. The molecule has 16 heavy (non-hydrogen) atoms. The van der Waals surface area contributed by atoms with Crippen molar-refractivity contribution >= 4 is 5.97 Å². The van der Waals surface area contributed by atoms with Gasteiger partial charge in [-0.25, -0.2) is 4.79 Å². The van der Waals surface area contributed by atoms with Crippen molar-refractivity contribution in [1.82, 2.24) is 0 Å². The van der Waals surface area contributed by atoms with Gasteiger partial charge in [-0.1, -0.05) is 31.6 Å². The number of benzene rings is 1. The molecular formula is C14H16O2. The molecule has 0 heterocycles. The van der Waals surface area contributed by atoms with Gasteiger partial charge < -0.3 is 5.11 Å². The van der Waals surface area contributed by atoms with Crippen molar-refractivity contribution in [3.05, 3.63) is 35.4 Å². The van der Waals surface area contributed by atoms with Crippen molar-refractivity contribution in [2.24, 2.45) is 0 Å². The third-order valence-electron chi connectivity index (χ3n) is 2.27. The SMILES string of the molecule is CCCCCC#Cc1ccc(C(=O)O)cc1. The molecule has 1 aromatic carbocycles. The summed E-state index contributed by atoms with van der Waals surface area (Å²) in [4.78, 5) is 10.6. The Morgan fingerprint density at radius 3 is 2.50 bits per heavy atom. The molecule has 0 aliphatic heterocycles. The van der Waals surface area contributed by atoms with Gasteiger partial charge in [0.05, 0.1) is 5.56 Å². The van der Waals surface area contributed by atoms with Crippen molar-refractivity contribution < 1.29 is 9.90 Å². The summed E-state index contributed by atoms with van der Waals surface area (Å²) in [7, 11) is 0. The molecule has 0 fully saturated rings. The molecule has 1 N–H and O–H groups in total. The molecule has 0 saturated heterocycles. The molecule has 0 bridgehead atoms. The highest BCUT2D eigenvalue weighted by atomic mass is 16.4. The lowest BCUT2D eigenvalue weighted by atomic mass is 10.1. The first-order chi connectivity index (χ1) is 7.74. The van der Waals surface area contributed by atoms with E-state index in [1.165, 1.54) is 12.8 Å². The summed E-state index contributed by atoms with van der Waals surface area (Å²) in [6.45, 7) is 2.16. The van der Waals surface area contributed by atoms with Crippen LogP contribution in [0, 0.1) is 11.8 Å². The molecular weight excluding hydrogens is 200 g/mol. The zero-order chi connectivity index (χ0) is 11.8. The van der Waals surface area contributed by atoms with Crippen molar-refractivity contribution in [1.29, 1.82) is 0 Å². The largest absolute Gasteiger partial charge is 0.478 e. The molecule has 0 spiro atoms. The van der Waals surface area contributed by atoms with E-state index in [1.54, 1.807) is 24.3 Å². The summed E-state index contributed by atoms with van der Waals surface area (Å²) in [5, 5.41) is 8.71. The van der Waals surface area contributed by atoms with Crippen LogP contribution in [0.3, 0.4) is 0 Å². The van der Waals surface area contributed by atoms with Crippen LogP contribution in [-0.4, -0.2) is 11.1 Å². The molecule has 0 aliphatic carbocycles. The van der Waals surface area contributed by atoms with Crippen LogP contribution < -0.4 is 0 Å². The Labute approximate surface area is 96.3 Å². The number of hydrogen-bond acceptors (Lipinski definition) is 1. The van der Waals surface area contributed by atoms with Gasteiger partial charge in [-0.3, -0.25) is 0 Å². The average Bonchev–Trinajstić information content (AvgIpc) is 2.29. The van der Waals surface area contributed by atoms with Gasteiger partial charge in [0.1, 0.15) is 0 Å². The smallest absolute Gasteiger partial charge is 0.335 e. The van der Waals surface area contributed by atoms with E-state index in [0.29, 0.717) is 5.56 Å². The second-order valence-electron chi connectivity index (χ2n) is 3.64. The van der Waals surface area contributed by atoms with Crippen molar-refractivity contribution in [2.45, 2.75) is 32.6 Å². The van der Waals surface area contributed by atoms with E-state index in [4.69, 9.17) is 5.11 Å². The van der Waals surface area contributed by atoms with E-state index >= 15 is 0 Å². The van der Waals surface area contributed by atoms with E-state index in [2.05, 4.69) is 18.8 Å². The Balaban J connectivity index is 2.51. The number of aromatic carboxylic acids is 1. The topological polar surface area (TPSA) is 37.3 Å². The number of carbonyl (C=O) groups is 1. The van der Waals surface area contributed by atoms with E-state index in [-0.39, 0.29) is 0 Å². The van der Waals surface area contributed by atoms with Crippen molar-refractivity contribution in [2.75, 3.05) is 0 Å². The van der Waals surface area contributed by atoms with Gasteiger partial charge in [-0.2, -0.15) is 0 Å². The van der Waals surface area contributed by atoms with Crippen LogP contribution in [0.15, 0.2) is 24.3 Å². The third-order valence-corrected chi connectivity index (χ3v) is 2.27. The molecule has 84 valence electrons. The summed E-state index contributed by atoms with van der Waals surface area (Å²) in [5.41, 5.74) is 1.18. The van der Waals surface area contributed by atoms with Gasteiger partial charge in [0, 0.05) is 12.0 Å². The Morgan fingerprint density at radius 1 is 1.25 bits per heavy atom. The van der Waals surface area contributed by atoms with Gasteiger partial charge >= 0.3 is 5.97 Å². The predicted molar refractivity (Wildman–Crippen MR) is 64.4 cm³/mol. The monoisotopic (exact) mass is 216 g/mol. The van der Waals surface area contributed by atoms with Crippen LogP contribution in [0.2, 0.25) is 0 Å². The fourth-order valence-corrected chi connectivity index (χ4v) is 1.32. The van der Waals surface area contributed by atoms with Crippen molar-refractivity contribution in [3.63, 3.8) is 0 Å². The van der Waals surface area contributed by atoms with Crippen LogP contribution in [0.5, 0.6) is 0 Å². The van der Waals surface area contributed by atoms with Gasteiger partial charge in [0.15, 0.2) is 0 Å². The Hall–Kier alpha value is -1.75. The van der Waals surface area contributed by atoms with Gasteiger partial charge in [-0.15, -0.1) is 0 Å². The van der Waals surface area contributed by atoms with E-state index in [0.717, 1.165) is 18.4 Å². The third kappa shape index (κ3) is 4.18. The molecule has 0 aliphatic rings. The fourth-order valence-electron chi connectivity index (χ4n) is 1.32. The molecule has 1 aromatic rings. The molecule has 0 amide bonds. The molecule has 0 saturated carbocycles. The first kappa shape index (κ1) is 12.3. The van der Waals surface area contributed by atoms with Crippen LogP contribution in [0.1, 0.15) is 48.5 Å². The minimum absolute atomic E-state index is 0.302. The summed E-state index contributed by atoms with van der Waals surface area (Å²) in [6, 6.07) is 6.66. The van der Waals surface area contributed by atoms with Gasteiger partial charge in [-0.05, 0) is 30.7 Å². The Kier molecular flexibility index (Phi) is 5.15. The molecule has 0 atom stereocenters. The maximum Gasteiger partial charge on any atom is 0.335 e. The van der Waals surface area contributed by atoms with Crippen LogP contribution >= 0.6 is 0 Å². The predicted octanol–water partition coefficient (Wildman–Crippen LogP) is 3.32. The second kappa shape index (κ2) is 6.68. The van der Waals surface area contributed by atoms with E-state index in [1.807, 2.05) is 0 Å². The number of rotatable bonds is 4. The summed E-state index contributed by atoms with van der Waals surface area (Å²) in [5.74, 6) is 5.21. The number of carboxylic acid groups (broad SMARTS) is 1. The van der Waals surface area contributed by atoms with Crippen LogP contribution in [-0.2, 0) is 0 Å². The lowest BCUT2D eigenvalue weighted by Gasteiger charge is -1.93. The Bertz CT molecular complexity index is 393. The fraction of sp³-hybridized carbons (Fsp3) is 0.357. The number of unbranched alkanes of at least 4 members (excludes halogenated alkanes) is 3. The molecule has 2 heteroatoms. The lowest BCUT2D eigenvalue weighted by molar-refractivity contribution is 0.0697. The van der Waals surface area contributed by atoms with Crippen LogP contribution in [0.4, 0.5) is 0 Å². The summed E-state index contributed by atoms with van der Waals surface area (Å²) in [6.07, 6.45) is 4.47. The first-order valence-electron chi connectivity index (χ1n) is 5.56. The summed E-state index contributed by atoms with van der Waals surface area (Å²) < 4.78 is 0. The van der Waals surface area contributed by atoms with Crippen LogP contribution in [0.25, 0.3) is 0 Å². The quantitative estimate of drug-likeness (QED) is 0.619. The molecule has 1 rings (SSSR count). The molecule has 2 nitrogen and oxygen atoms in total. The first-order valence-corrected chi connectivity index (χ1v) is 5.56.